The summed E-state index contributed by atoms with van der Waals surface area (Å²) in [6.45, 7) is 0. The lowest BCUT2D eigenvalue weighted by Gasteiger charge is -1.82. The smallest absolute Gasteiger partial charge is 0.216 e. The van der Waals surface area contributed by atoms with Crippen LogP contribution in [0.2, 0.25) is 0 Å². The number of alkyl halides is 4. The van der Waals surface area contributed by atoms with Gasteiger partial charge in [-0.1, -0.05) is 0 Å². The lowest BCUT2D eigenvalue weighted by atomic mass is 11.5. The lowest BCUT2D eigenvalue weighted by molar-refractivity contribution is -0.237. The van der Waals surface area contributed by atoms with E-state index in [-0.39, 0.29) is 0 Å². The molecule has 0 amide bonds. The van der Waals surface area contributed by atoms with Crippen LogP contribution in [-0.4, -0.2) is 14.8 Å². The van der Waals surface area contributed by atoms with Crippen LogP contribution in [0.25, 0.3) is 0 Å². The molecular formula is CH4F4N2O2S. The van der Waals surface area contributed by atoms with E-state index in [1.54, 1.807) is 0 Å². The van der Waals surface area contributed by atoms with E-state index in [9.17, 15) is 26.0 Å². The Balaban J connectivity index is 0. The van der Waals surface area contributed by atoms with Gasteiger partial charge in [0.05, 0.1) is 0 Å². The van der Waals surface area contributed by atoms with Crippen LogP contribution in [0.5, 0.6) is 0 Å². The van der Waals surface area contributed by atoms with E-state index < -0.39 is 16.6 Å². The van der Waals surface area contributed by atoms with Gasteiger partial charge in [-0.05, 0) is 0 Å². The molecule has 64 valence electrons. The van der Waals surface area contributed by atoms with Crippen LogP contribution in [0, 0.1) is 0 Å². The van der Waals surface area contributed by atoms with Crippen molar-refractivity contribution in [2.24, 2.45) is 10.3 Å². The van der Waals surface area contributed by atoms with Crippen molar-refractivity contribution in [2.45, 2.75) is 6.43 Å². The number of nitrogens with two attached hydrogens (primary N) is 2. The molecule has 0 aromatic rings. The normalized spacial score (nSPS) is 11.8. The molecule has 0 aromatic heterocycles. The second kappa shape index (κ2) is 3.68. The molecule has 0 heterocycles. The van der Waals surface area contributed by atoms with Crippen LogP contribution in [-0.2, 0) is 10.2 Å². The summed E-state index contributed by atoms with van der Waals surface area (Å²) >= 11 is 0. The van der Waals surface area contributed by atoms with Crippen LogP contribution in [0.4, 0.5) is 17.6 Å². The first-order valence-corrected chi connectivity index (χ1v) is 3.17. The fourth-order valence-electron chi connectivity index (χ4n) is 0. The van der Waals surface area contributed by atoms with Gasteiger partial charge < -0.3 is 0 Å². The summed E-state index contributed by atoms with van der Waals surface area (Å²) in [5.74, 6) is 0. The third kappa shape index (κ3) is 1960. The number of halogens is 4. The number of hydrogen-bond donors (Lipinski definition) is 2. The van der Waals surface area contributed by atoms with Crippen molar-refractivity contribution in [1.82, 2.24) is 0 Å². The molecule has 0 aliphatic carbocycles. The first kappa shape index (κ1) is 12.3. The average Bonchev–Trinajstić information content (AvgIpc) is 1.12. The largest absolute Gasteiger partial charge is 0.559 e. The molecule has 0 aliphatic heterocycles. The summed E-state index contributed by atoms with van der Waals surface area (Å²) in [5.41, 5.74) is 0. The number of hydrogen-bond acceptors (Lipinski definition) is 2. The van der Waals surface area contributed by atoms with E-state index in [2.05, 4.69) is 10.3 Å². The highest BCUT2D eigenvalue weighted by molar-refractivity contribution is 7.86. The van der Waals surface area contributed by atoms with Gasteiger partial charge in [0.15, 0.2) is 0 Å². The Labute approximate surface area is 54.0 Å². The first-order valence-electron chi connectivity index (χ1n) is 1.56. The SMILES string of the molecule is FC(F)(F)F.NS(N)(=O)=O. The quantitative estimate of drug-likeness (QED) is 0.503. The highest BCUT2D eigenvalue weighted by atomic mass is 32.2. The highest BCUT2D eigenvalue weighted by Crippen LogP contribution is 2.13. The van der Waals surface area contributed by atoms with E-state index in [0.717, 1.165) is 0 Å². The summed E-state index contributed by atoms with van der Waals surface area (Å²) in [4.78, 5) is 0. The maximum absolute atomic E-state index is 9.69. The molecule has 0 saturated heterocycles. The molecule has 0 aromatic carbocycles. The van der Waals surface area contributed by atoms with Gasteiger partial charge in [-0.2, -0.15) is 8.42 Å². The monoisotopic (exact) mass is 184 g/mol. The van der Waals surface area contributed by atoms with Gasteiger partial charge in [0, 0.05) is 0 Å². The molecule has 0 atom stereocenters. The van der Waals surface area contributed by atoms with Gasteiger partial charge >= 0.3 is 6.43 Å². The Hall–Kier alpha value is -0.410. The Morgan fingerprint density at radius 1 is 1.00 bits per heavy atom. The zero-order chi connectivity index (χ0) is 9.00. The van der Waals surface area contributed by atoms with E-state index >= 15 is 0 Å². The molecule has 0 aliphatic rings. The Morgan fingerprint density at radius 2 is 1.00 bits per heavy atom. The van der Waals surface area contributed by atoms with Crippen molar-refractivity contribution in [3.63, 3.8) is 0 Å². The summed E-state index contributed by atoms with van der Waals surface area (Å²) < 4.78 is 57.1. The van der Waals surface area contributed by atoms with Gasteiger partial charge in [-0.3, -0.25) is 0 Å². The Kier molecular flexibility index (Phi) is 4.53. The van der Waals surface area contributed by atoms with Crippen LogP contribution in [0.3, 0.4) is 0 Å². The van der Waals surface area contributed by atoms with Gasteiger partial charge in [-0.25, -0.2) is 10.3 Å². The van der Waals surface area contributed by atoms with Crippen LogP contribution in [0.1, 0.15) is 0 Å². The van der Waals surface area contributed by atoms with E-state index in [1.807, 2.05) is 0 Å². The first-order chi connectivity index (χ1) is 4.00. The lowest BCUT2D eigenvalue weighted by Crippen LogP contribution is -2.21. The van der Waals surface area contributed by atoms with Crippen molar-refractivity contribution in [1.29, 1.82) is 0 Å². The standard InChI is InChI=1S/CF4.H4N2O2S/c2-1(3,4)5;1-5(2,3)4/h;(H4,1,2,3,4). The van der Waals surface area contributed by atoms with Gasteiger partial charge in [0.25, 0.3) is 10.2 Å². The predicted octanol–water partition coefficient (Wildman–Crippen LogP) is -0.376. The third-order valence-corrected chi connectivity index (χ3v) is 0. The van der Waals surface area contributed by atoms with Crippen molar-refractivity contribution in [3.8, 4) is 0 Å². The molecule has 9 heteroatoms. The fourth-order valence-corrected chi connectivity index (χ4v) is 0. The molecule has 0 bridgehead atoms. The van der Waals surface area contributed by atoms with Crippen LogP contribution in [0.15, 0.2) is 0 Å². The van der Waals surface area contributed by atoms with E-state index in [4.69, 9.17) is 0 Å². The summed E-state index contributed by atoms with van der Waals surface area (Å²) in [6, 6.07) is 0. The van der Waals surface area contributed by atoms with Crippen LogP contribution >= 0.6 is 0 Å². The average molecular weight is 184 g/mol. The zero-order valence-electron chi connectivity index (χ0n) is 4.39. The van der Waals surface area contributed by atoms with Crippen molar-refractivity contribution in [3.05, 3.63) is 0 Å². The van der Waals surface area contributed by atoms with Gasteiger partial charge in [-0.15, -0.1) is 17.6 Å². The molecule has 10 heavy (non-hydrogen) atoms. The molecule has 0 radical (unpaired) electrons. The minimum absolute atomic E-state index is 3.67. The molecule has 0 saturated carbocycles. The van der Waals surface area contributed by atoms with Crippen LogP contribution < -0.4 is 10.3 Å². The summed E-state index contributed by atoms with van der Waals surface area (Å²) in [7, 11) is -3.67. The highest BCUT2D eigenvalue weighted by Gasteiger charge is 2.24. The molecule has 4 N–H and O–H groups in total. The van der Waals surface area contributed by atoms with Crippen molar-refractivity contribution < 1.29 is 26.0 Å². The van der Waals surface area contributed by atoms with Crippen molar-refractivity contribution in [2.75, 3.05) is 0 Å². The van der Waals surface area contributed by atoms with Gasteiger partial charge in [0.1, 0.15) is 0 Å². The van der Waals surface area contributed by atoms with E-state index in [0.29, 0.717) is 0 Å². The predicted molar refractivity (Wildman–Crippen MR) is 24.5 cm³/mol. The Bertz CT molecular complexity index is 156. The van der Waals surface area contributed by atoms with Crippen molar-refractivity contribution >= 4 is 10.2 Å². The molecule has 0 unspecified atom stereocenters. The minimum Gasteiger partial charge on any atom is -0.216 e. The maximum atomic E-state index is 9.69. The molecule has 0 fully saturated rings. The van der Waals surface area contributed by atoms with E-state index in [1.165, 1.54) is 0 Å². The summed E-state index contributed by atoms with van der Waals surface area (Å²) in [5, 5.41) is 8.21. The van der Waals surface area contributed by atoms with Gasteiger partial charge in [0.2, 0.25) is 0 Å². The Morgan fingerprint density at radius 3 is 1.00 bits per heavy atom. The third-order valence-electron chi connectivity index (χ3n) is 0. The summed E-state index contributed by atoms with van der Waals surface area (Å²) in [6.07, 6.45) is -5.50. The molecule has 4 nitrogen and oxygen atoms in total. The maximum Gasteiger partial charge on any atom is 0.559 e. The minimum atomic E-state index is -5.50. The molecular weight excluding hydrogens is 180 g/mol. The fraction of sp³-hybridized carbons (Fsp3) is 1.00. The molecule has 0 rings (SSSR count). The second-order valence-electron chi connectivity index (χ2n) is 1.02. The topological polar surface area (TPSA) is 86.2 Å². The molecule has 0 spiro atoms. The number of rotatable bonds is 0. The zero-order valence-corrected chi connectivity index (χ0v) is 5.21. The second-order valence-corrected chi connectivity index (χ2v) is 2.20.